The maximum Gasteiger partial charge on any atom is 0.302 e. The molecule has 9 heteroatoms. The number of hydrogen-bond donors (Lipinski definition) is 6. The fraction of sp³-hybridized carbons (Fsp3) is 0.500. The normalized spacial score (nSPS) is 29.2. The van der Waals surface area contributed by atoms with Crippen LogP contribution in [0.4, 0.5) is 0 Å². The van der Waals surface area contributed by atoms with E-state index in [0.29, 0.717) is 30.8 Å². The van der Waals surface area contributed by atoms with Crippen molar-refractivity contribution in [3.05, 3.63) is 231 Å². The summed E-state index contributed by atoms with van der Waals surface area (Å²) in [7, 11) is 0. The Morgan fingerprint density at radius 1 is 0.538 bits per heavy atom. The van der Waals surface area contributed by atoms with Crippen molar-refractivity contribution in [2.75, 3.05) is 0 Å². The van der Waals surface area contributed by atoms with Crippen LogP contribution in [-0.4, -0.2) is 83.6 Å². The molecule has 4 aliphatic rings. The second kappa shape index (κ2) is 34.6. The summed E-state index contributed by atoms with van der Waals surface area (Å²) in [4.78, 5) is 24.5. The first-order chi connectivity index (χ1) is 42.0. The minimum absolute atomic E-state index is 0.00528. The smallest absolute Gasteiger partial charge is 0.302 e. The van der Waals surface area contributed by atoms with Crippen LogP contribution in [-0.2, 0) is 14.3 Å². The SMILES string of the molecule is CC(=O)OC1CC(C)(C)C(=C=C/C(C)=C/C=C/C(C)=C/C=C/C=C(C)/C=C/C=C(\C)C(=O)CC2(O)C(C)(C)CC(O)CC2(C)O)C(C)(O)C1.CC1=CC(O)CC(C)(C)C1/C=C/C(C)=C/C=C/C(C)=C/C=C/C=C(C)/C=C/C=C(C)/C=C/C1=C(C)CC(O)CC1(C)C. The van der Waals surface area contributed by atoms with Crippen LogP contribution in [0.25, 0.3) is 0 Å². The van der Waals surface area contributed by atoms with Crippen LogP contribution in [0.1, 0.15) is 197 Å². The van der Waals surface area contributed by atoms with Gasteiger partial charge in [0.1, 0.15) is 11.7 Å². The Morgan fingerprint density at radius 2 is 1.00 bits per heavy atom. The van der Waals surface area contributed by atoms with Gasteiger partial charge in [0.25, 0.3) is 0 Å². The van der Waals surface area contributed by atoms with Crippen molar-refractivity contribution in [2.24, 2.45) is 27.6 Å². The van der Waals surface area contributed by atoms with Gasteiger partial charge in [-0.05, 0) is 160 Å². The summed E-state index contributed by atoms with van der Waals surface area (Å²) < 4.78 is 5.41. The predicted molar refractivity (Wildman–Crippen MR) is 382 cm³/mol. The lowest BCUT2D eigenvalue weighted by atomic mass is 9.56. The number of carbonyl (C=O) groups excluding carboxylic acids is 2. The molecule has 4 aliphatic carbocycles. The molecule has 0 aromatic rings. The molecule has 498 valence electrons. The van der Waals surface area contributed by atoms with Gasteiger partial charge in [0.2, 0.25) is 0 Å². The number of aliphatic hydroxyl groups is 6. The number of aliphatic hydroxyl groups excluding tert-OH is 3. The van der Waals surface area contributed by atoms with Crippen molar-refractivity contribution in [3.63, 3.8) is 0 Å². The fourth-order valence-electron chi connectivity index (χ4n) is 13.4. The van der Waals surface area contributed by atoms with E-state index in [1.165, 1.54) is 52.9 Å². The number of ether oxygens (including phenoxy) is 1. The summed E-state index contributed by atoms with van der Waals surface area (Å²) in [6.07, 6.45) is 54.9. The zero-order chi connectivity index (χ0) is 68.9. The number of rotatable bonds is 21. The highest BCUT2D eigenvalue weighted by Gasteiger charge is 2.60. The highest BCUT2D eigenvalue weighted by atomic mass is 16.5. The monoisotopic (exact) mass is 1240 g/mol. The Balaban J connectivity index is 0.000000481. The highest BCUT2D eigenvalue weighted by Crippen LogP contribution is 2.52. The van der Waals surface area contributed by atoms with E-state index in [0.717, 1.165) is 41.6 Å². The van der Waals surface area contributed by atoms with Gasteiger partial charge in [-0.1, -0.05) is 252 Å². The van der Waals surface area contributed by atoms with Crippen LogP contribution in [0.15, 0.2) is 231 Å². The maximum absolute atomic E-state index is 13.0. The average molecular weight is 1250 g/mol. The van der Waals surface area contributed by atoms with Crippen molar-refractivity contribution in [1.29, 1.82) is 0 Å². The van der Waals surface area contributed by atoms with Crippen LogP contribution < -0.4 is 0 Å². The number of allylic oxidation sites excluding steroid dienone is 34. The van der Waals surface area contributed by atoms with Crippen LogP contribution in [0.3, 0.4) is 0 Å². The Hall–Kier alpha value is -6.26. The van der Waals surface area contributed by atoms with Gasteiger partial charge in [-0.3, -0.25) is 9.59 Å². The Bertz CT molecular complexity index is 3180. The lowest BCUT2D eigenvalue weighted by Crippen LogP contribution is -2.66. The van der Waals surface area contributed by atoms with Crippen LogP contribution >= 0.6 is 0 Å². The van der Waals surface area contributed by atoms with E-state index in [2.05, 4.69) is 160 Å². The standard InChI is InChI=1S/C42H60O7.C40H56O2/c1-29(18-14-19-31(3)22-23-37-38(6,7)26-35(49-33(5)43)27-40(37,10)46)16-12-13-17-30(2)20-15-21-32(4)36(45)28-42(48)39(8,9)24-34(44)25-41(42,11)47;1-29(17-13-19-31(3)21-23-37-33(5)25-35(41)27-39(37,7)8)15-11-12-16-30(2)18-14-20-32(4)22-24-38-34(6)26-36(42)28-40(38,9)10/h12-22,34-35,44,46-48H,24-28H2,1-11H3;11-25,35-37,41-42H,26-28H2,1-10H3/b13-12+,18-14+,20-15+,29-16+,30-17+,31-19+,32-21+;12-11+,17-13+,18-14+,23-21+,24-22+,29-15+,30-16+,31-19+,32-20+. The fourth-order valence-corrected chi connectivity index (χ4v) is 13.4. The number of Topliss-reactive ketones (excluding diaryl/α,β-unsaturated/α-hetero) is 1. The summed E-state index contributed by atoms with van der Waals surface area (Å²) in [6, 6.07) is 0. The van der Waals surface area contributed by atoms with Gasteiger partial charge in [0.05, 0.1) is 29.5 Å². The van der Waals surface area contributed by atoms with E-state index in [4.69, 9.17) is 4.74 Å². The Kier molecular flexibility index (Phi) is 30.0. The predicted octanol–water partition coefficient (Wildman–Crippen LogP) is 18.0. The zero-order valence-corrected chi connectivity index (χ0v) is 59.5. The third kappa shape index (κ3) is 25.6. The molecule has 0 aliphatic heterocycles. The van der Waals surface area contributed by atoms with E-state index < -0.39 is 28.3 Å². The molecule has 0 spiro atoms. The van der Waals surface area contributed by atoms with Gasteiger partial charge >= 0.3 is 5.97 Å². The van der Waals surface area contributed by atoms with Gasteiger partial charge in [-0.25, -0.2) is 0 Å². The van der Waals surface area contributed by atoms with Crippen molar-refractivity contribution in [3.8, 4) is 0 Å². The van der Waals surface area contributed by atoms with Crippen molar-refractivity contribution >= 4 is 11.8 Å². The summed E-state index contributed by atoms with van der Waals surface area (Å²) in [6.45, 7) is 41.5. The Morgan fingerprint density at radius 3 is 1.46 bits per heavy atom. The van der Waals surface area contributed by atoms with Gasteiger partial charge in [-0.2, -0.15) is 0 Å². The second-order valence-electron chi connectivity index (χ2n) is 29.6. The molecule has 8 atom stereocenters. The first kappa shape index (κ1) is 79.0. The topological polar surface area (TPSA) is 165 Å². The zero-order valence-electron chi connectivity index (χ0n) is 59.5. The summed E-state index contributed by atoms with van der Waals surface area (Å²) in [5.41, 5.74) is 10.8. The second-order valence-corrected chi connectivity index (χ2v) is 29.6. The molecule has 0 amide bonds. The van der Waals surface area contributed by atoms with Crippen LogP contribution in [0, 0.1) is 27.6 Å². The van der Waals surface area contributed by atoms with Gasteiger partial charge < -0.3 is 35.4 Å². The molecule has 0 aromatic carbocycles. The molecule has 0 bridgehead atoms. The molecule has 0 radical (unpaired) electrons. The van der Waals surface area contributed by atoms with E-state index in [1.54, 1.807) is 39.8 Å². The van der Waals surface area contributed by atoms with Gasteiger partial charge in [-0.15, -0.1) is 5.73 Å². The summed E-state index contributed by atoms with van der Waals surface area (Å²) >= 11 is 0. The quantitative estimate of drug-likeness (QED) is 0.0216. The number of carbonyl (C=O) groups is 2. The molecule has 4 rings (SSSR count). The molecule has 9 nitrogen and oxygen atoms in total. The molecular weight excluding hydrogens is 1130 g/mol. The third-order valence-corrected chi connectivity index (χ3v) is 18.2. The lowest BCUT2D eigenvalue weighted by Gasteiger charge is -2.56. The molecule has 2 saturated carbocycles. The van der Waals surface area contributed by atoms with E-state index in [-0.39, 0.29) is 59.2 Å². The minimum atomic E-state index is -1.66. The first-order valence-corrected chi connectivity index (χ1v) is 32.6. The molecule has 0 saturated heterocycles. The number of esters is 1. The minimum Gasteiger partial charge on any atom is -0.462 e. The van der Waals surface area contributed by atoms with Crippen molar-refractivity contribution < 1.29 is 45.0 Å². The van der Waals surface area contributed by atoms with Crippen molar-refractivity contribution in [1.82, 2.24) is 0 Å². The number of hydrogen-bond acceptors (Lipinski definition) is 9. The van der Waals surface area contributed by atoms with Gasteiger partial charge in [0.15, 0.2) is 5.78 Å². The molecule has 6 N–H and O–H groups in total. The van der Waals surface area contributed by atoms with Gasteiger partial charge in [0, 0.05) is 37.7 Å². The molecule has 0 heterocycles. The van der Waals surface area contributed by atoms with Crippen molar-refractivity contribution in [2.45, 2.75) is 238 Å². The summed E-state index contributed by atoms with van der Waals surface area (Å²) in [5.74, 6) is -0.236. The van der Waals surface area contributed by atoms with E-state index in [1.807, 2.05) is 95.4 Å². The Labute approximate surface area is 550 Å². The molecule has 8 unspecified atom stereocenters. The third-order valence-electron chi connectivity index (χ3n) is 18.2. The van der Waals surface area contributed by atoms with Crippen LogP contribution in [0.5, 0.6) is 0 Å². The molecule has 91 heavy (non-hydrogen) atoms. The highest BCUT2D eigenvalue weighted by molar-refractivity contribution is 5.96. The molecule has 2 fully saturated rings. The van der Waals surface area contributed by atoms with E-state index in [9.17, 15) is 40.2 Å². The largest absolute Gasteiger partial charge is 0.462 e. The molecule has 0 aromatic heterocycles. The van der Waals surface area contributed by atoms with E-state index >= 15 is 0 Å². The van der Waals surface area contributed by atoms with Crippen LogP contribution in [0.2, 0.25) is 0 Å². The molecular formula is C82H116O9. The first-order valence-electron chi connectivity index (χ1n) is 32.6. The number of ketones is 1. The summed E-state index contributed by atoms with van der Waals surface area (Å²) in [5, 5.41) is 63.9. The maximum atomic E-state index is 13.0. The lowest BCUT2D eigenvalue weighted by molar-refractivity contribution is -0.243. The average Bonchev–Trinajstić information content (AvgIpc) is 0.763.